The van der Waals surface area contributed by atoms with Gasteiger partial charge in [-0.3, -0.25) is 19.9 Å². The minimum atomic E-state index is -0.976. The number of nitro benzene ring substituents is 1. The summed E-state index contributed by atoms with van der Waals surface area (Å²) >= 11 is 0. The van der Waals surface area contributed by atoms with Crippen LogP contribution in [0, 0.1) is 33.3 Å². The van der Waals surface area contributed by atoms with Gasteiger partial charge in [-0.2, -0.15) is 5.26 Å². The summed E-state index contributed by atoms with van der Waals surface area (Å²) in [5, 5.41) is 22.1. The number of benzene rings is 2. The lowest BCUT2D eigenvalue weighted by molar-refractivity contribution is -0.384. The molecule has 12 nitrogen and oxygen atoms in total. The first-order chi connectivity index (χ1) is 23.6. The molecule has 0 aliphatic carbocycles. The zero-order chi connectivity index (χ0) is 37.3. The second-order valence-electron chi connectivity index (χ2n) is 13.4. The van der Waals surface area contributed by atoms with Crippen LogP contribution in [0.5, 0.6) is 11.5 Å². The lowest BCUT2D eigenvalue weighted by Gasteiger charge is -2.33. The zero-order valence-corrected chi connectivity index (χ0v) is 30.8. The smallest absolute Gasteiger partial charge is 0.336 e. The van der Waals surface area contributed by atoms with Crippen LogP contribution in [0.3, 0.4) is 0 Å². The number of esters is 2. The van der Waals surface area contributed by atoms with E-state index in [0.717, 1.165) is 5.56 Å². The Morgan fingerprint density at radius 1 is 1.04 bits per heavy atom. The van der Waals surface area contributed by atoms with Crippen LogP contribution in [0.2, 0.25) is 0 Å². The van der Waals surface area contributed by atoms with Crippen LogP contribution < -0.4 is 9.47 Å². The highest BCUT2D eigenvalue weighted by Crippen LogP contribution is 2.42. The summed E-state index contributed by atoms with van der Waals surface area (Å²) in [5.74, 6) is -1.92. The zero-order valence-electron chi connectivity index (χ0n) is 30.8. The number of hydrogen-bond acceptors (Lipinski definition) is 11. The molecule has 0 bridgehead atoms. The van der Waals surface area contributed by atoms with Crippen LogP contribution >= 0.6 is 0 Å². The summed E-state index contributed by atoms with van der Waals surface area (Å²) in [6.45, 7) is 13.7. The molecule has 0 N–H and O–H groups in total. The molecule has 0 radical (unpaired) electrons. The molecule has 1 heterocycles. The monoisotopic (exact) mass is 690 g/mol. The third-order valence-electron chi connectivity index (χ3n) is 9.17. The Hall–Kier alpha value is -4.76. The third kappa shape index (κ3) is 9.07. The van der Waals surface area contributed by atoms with Crippen molar-refractivity contribution in [1.29, 1.82) is 5.26 Å². The number of hydrogen-bond donors (Lipinski definition) is 0. The maximum Gasteiger partial charge on any atom is 0.336 e. The van der Waals surface area contributed by atoms with Crippen LogP contribution in [0.25, 0.3) is 0 Å². The van der Waals surface area contributed by atoms with Crippen LogP contribution in [-0.2, 0) is 24.5 Å². The second-order valence-corrected chi connectivity index (χ2v) is 13.4. The highest BCUT2D eigenvalue weighted by Gasteiger charge is 2.43. The van der Waals surface area contributed by atoms with Gasteiger partial charge in [0.05, 0.1) is 42.3 Å². The van der Waals surface area contributed by atoms with Gasteiger partial charge in [-0.25, -0.2) is 4.79 Å². The van der Waals surface area contributed by atoms with Crippen molar-refractivity contribution in [2.45, 2.75) is 84.8 Å². The van der Waals surface area contributed by atoms with E-state index in [2.05, 4.69) is 11.1 Å². The molecule has 12 heteroatoms. The fourth-order valence-corrected chi connectivity index (χ4v) is 6.68. The van der Waals surface area contributed by atoms with E-state index in [1.165, 1.54) is 18.2 Å². The van der Waals surface area contributed by atoms with Crippen LogP contribution in [-0.4, -0.2) is 74.0 Å². The summed E-state index contributed by atoms with van der Waals surface area (Å²) in [6, 6.07) is 14.1. The van der Waals surface area contributed by atoms with Gasteiger partial charge >= 0.3 is 11.9 Å². The number of likely N-dealkylation sites (N-methyl/N-ethyl adjacent to an activating group) is 1. The van der Waals surface area contributed by atoms with Gasteiger partial charge < -0.3 is 23.8 Å². The van der Waals surface area contributed by atoms with E-state index >= 15 is 0 Å². The molecular formula is C38H50N4O8. The van der Waals surface area contributed by atoms with Crippen molar-refractivity contribution in [1.82, 2.24) is 4.90 Å². The fourth-order valence-electron chi connectivity index (χ4n) is 6.68. The molecule has 50 heavy (non-hydrogen) atoms. The number of aliphatic imine (C=N–C) groups is 1. The molecule has 4 atom stereocenters. The first kappa shape index (κ1) is 39.7. The van der Waals surface area contributed by atoms with Gasteiger partial charge in [-0.05, 0) is 90.2 Å². The lowest BCUT2D eigenvalue weighted by Crippen LogP contribution is -2.39. The van der Waals surface area contributed by atoms with Crippen molar-refractivity contribution in [2.24, 2.45) is 16.8 Å². The fraction of sp³-hybridized carbons (Fsp3) is 0.526. The summed E-state index contributed by atoms with van der Waals surface area (Å²) in [6.07, 6.45) is 0.321. The number of ether oxygens (including phenoxy) is 4. The van der Waals surface area contributed by atoms with E-state index in [1.54, 1.807) is 54.9 Å². The Morgan fingerprint density at radius 2 is 1.72 bits per heavy atom. The van der Waals surface area contributed by atoms with E-state index in [-0.39, 0.29) is 17.2 Å². The van der Waals surface area contributed by atoms with Crippen molar-refractivity contribution in [3.63, 3.8) is 0 Å². The van der Waals surface area contributed by atoms with Gasteiger partial charge in [0.2, 0.25) is 0 Å². The Balaban J connectivity index is 1.79. The number of allylic oxidation sites excluding steroid dienone is 1. The first-order valence-corrected chi connectivity index (χ1v) is 16.8. The molecule has 0 saturated heterocycles. The van der Waals surface area contributed by atoms with Gasteiger partial charge in [-0.1, -0.05) is 32.0 Å². The van der Waals surface area contributed by atoms with Crippen molar-refractivity contribution < 1.29 is 33.5 Å². The van der Waals surface area contributed by atoms with Gasteiger partial charge in [0.15, 0.2) is 11.5 Å². The number of methoxy groups -OCH3 is 2. The van der Waals surface area contributed by atoms with Gasteiger partial charge in [-0.15, -0.1) is 0 Å². The summed E-state index contributed by atoms with van der Waals surface area (Å²) in [4.78, 5) is 45.0. The summed E-state index contributed by atoms with van der Waals surface area (Å²) < 4.78 is 22.4. The lowest BCUT2D eigenvalue weighted by atomic mass is 9.69. The largest absolute Gasteiger partial charge is 0.493 e. The van der Waals surface area contributed by atoms with Crippen LogP contribution in [0.15, 0.2) is 58.7 Å². The van der Waals surface area contributed by atoms with E-state index in [4.69, 9.17) is 18.9 Å². The molecule has 1 aliphatic rings. The maximum absolute atomic E-state index is 13.9. The van der Waals surface area contributed by atoms with E-state index in [9.17, 15) is 25.0 Å². The Labute approximate surface area is 295 Å². The molecule has 0 saturated carbocycles. The highest BCUT2D eigenvalue weighted by atomic mass is 16.6. The molecule has 0 spiro atoms. The van der Waals surface area contributed by atoms with Crippen LogP contribution in [0.1, 0.15) is 78.4 Å². The number of rotatable bonds is 16. The van der Waals surface area contributed by atoms with Crippen molar-refractivity contribution in [3.8, 4) is 17.6 Å². The Bertz CT molecular complexity index is 1660. The highest BCUT2D eigenvalue weighted by molar-refractivity contribution is 6.07. The summed E-state index contributed by atoms with van der Waals surface area (Å²) in [7, 11) is 5.07. The average Bonchev–Trinajstić information content (AvgIpc) is 3.05. The molecular weight excluding hydrogens is 640 g/mol. The van der Waals surface area contributed by atoms with E-state index < -0.39 is 46.3 Å². The molecule has 3 rings (SSSR count). The number of nitro groups is 1. The number of non-ortho nitro benzene ring substituents is 1. The molecule has 0 aromatic heterocycles. The molecule has 1 aliphatic heterocycles. The van der Waals surface area contributed by atoms with E-state index in [1.807, 2.05) is 44.0 Å². The SMILES string of the molecule is COc1ccc(C(C#N)(CCCN(C)CC(C)OC(=O)C2=C(C)N=C(C)C(C(=O)OC(C)C)C2c2cccc([N+](=O)[O-])c2)C(C)C)cc1OC. The number of nitrogens with zero attached hydrogens (tertiary/aromatic N) is 4. The standard InChI is InChI=1S/C38H50N4O8/c1-23(2)38(22-39,29-15-16-31(47-9)32(20-29)48-10)17-12-18-41(8)21-25(5)50-37(44)34-27(7)40-26(6)33(36(43)49-24(3)4)35(34)28-13-11-14-30(19-28)42(45)46/h11,13-16,19-20,23-25,33,35H,12,17-18,21H2,1-10H3. The molecule has 0 amide bonds. The third-order valence-corrected chi connectivity index (χ3v) is 9.17. The predicted octanol–water partition coefficient (Wildman–Crippen LogP) is 6.77. The van der Waals surface area contributed by atoms with E-state index in [0.29, 0.717) is 54.4 Å². The summed E-state index contributed by atoms with van der Waals surface area (Å²) in [5.41, 5.74) is 1.32. The van der Waals surface area contributed by atoms with Crippen LogP contribution in [0.4, 0.5) is 5.69 Å². The molecule has 2 aromatic rings. The minimum Gasteiger partial charge on any atom is -0.493 e. The predicted molar refractivity (Wildman–Crippen MR) is 190 cm³/mol. The van der Waals surface area contributed by atoms with Gasteiger partial charge in [0.1, 0.15) is 12.0 Å². The van der Waals surface area contributed by atoms with Gasteiger partial charge in [0, 0.05) is 36.0 Å². The quantitative estimate of drug-likeness (QED) is 0.105. The Kier molecular flexibility index (Phi) is 13.7. The number of nitriles is 1. The second kappa shape index (κ2) is 17.3. The van der Waals surface area contributed by atoms with Crippen molar-refractivity contribution in [3.05, 3.63) is 75.0 Å². The molecule has 4 unspecified atom stereocenters. The first-order valence-electron chi connectivity index (χ1n) is 16.8. The van der Waals surface area contributed by atoms with Gasteiger partial charge in [0.25, 0.3) is 5.69 Å². The Morgan fingerprint density at radius 3 is 2.30 bits per heavy atom. The molecule has 270 valence electrons. The molecule has 0 fully saturated rings. The average molecular weight is 691 g/mol. The molecule has 2 aromatic carbocycles. The van der Waals surface area contributed by atoms with Crippen molar-refractivity contribution >= 4 is 23.3 Å². The maximum atomic E-state index is 13.9. The normalized spacial score (nSPS) is 17.9. The van der Waals surface area contributed by atoms with Crippen molar-refractivity contribution in [2.75, 3.05) is 34.4 Å². The number of carbonyl (C=O) groups is 2. The topological polar surface area (TPSA) is 154 Å². The minimum absolute atomic E-state index is 0.0229. The number of carbonyl (C=O) groups excluding carboxylic acids is 2.